The molecule has 0 radical (unpaired) electrons. The Hall–Kier alpha value is -4.04. The number of aromatic amines is 1. The summed E-state index contributed by atoms with van der Waals surface area (Å²) in [7, 11) is 0. The Balaban J connectivity index is 1.86. The highest BCUT2D eigenvalue weighted by Crippen LogP contribution is 2.45. The van der Waals surface area contributed by atoms with Crippen LogP contribution in [0.25, 0.3) is 21.7 Å². The Labute approximate surface area is 173 Å². The van der Waals surface area contributed by atoms with Crippen LogP contribution in [0.5, 0.6) is 5.75 Å². The zero-order chi connectivity index (χ0) is 20.8. The third kappa shape index (κ3) is 2.66. The smallest absolute Gasteiger partial charge is 0.252 e. The lowest BCUT2D eigenvalue weighted by molar-refractivity contribution is 0.395. The number of pyridine rings is 1. The van der Waals surface area contributed by atoms with Gasteiger partial charge in [-0.15, -0.1) is 0 Å². The first-order valence-corrected chi connectivity index (χ1v) is 9.85. The van der Waals surface area contributed by atoms with Crippen molar-refractivity contribution in [3.8, 4) is 11.8 Å². The first-order valence-electron chi connectivity index (χ1n) is 9.85. The number of nitrogens with one attached hydrogen (secondary N) is 1. The van der Waals surface area contributed by atoms with Gasteiger partial charge in [-0.25, -0.2) is 0 Å². The van der Waals surface area contributed by atoms with E-state index in [9.17, 15) is 10.1 Å². The molecule has 146 valence electrons. The maximum atomic E-state index is 13.1. The molecule has 1 aromatic heterocycles. The molecule has 5 heteroatoms. The van der Waals surface area contributed by atoms with Gasteiger partial charge in [-0.05, 0) is 52.4 Å². The fourth-order valence-corrected chi connectivity index (χ4v) is 4.26. The Morgan fingerprint density at radius 2 is 1.93 bits per heavy atom. The lowest BCUT2D eigenvalue weighted by atomic mass is 9.81. The Morgan fingerprint density at radius 3 is 2.73 bits per heavy atom. The van der Waals surface area contributed by atoms with E-state index in [1.165, 1.54) is 5.56 Å². The second-order valence-corrected chi connectivity index (χ2v) is 7.45. The van der Waals surface area contributed by atoms with Gasteiger partial charge < -0.3 is 15.5 Å². The maximum absolute atomic E-state index is 13.1. The SMILES string of the molecule is CCc1ccc2[nH]c(=O)c([C@H]3C(C#N)=C(N)Oc4ccc5ccccc5c43)cc2c1. The van der Waals surface area contributed by atoms with Crippen LogP contribution in [-0.4, -0.2) is 4.98 Å². The number of H-pyrrole nitrogens is 1. The van der Waals surface area contributed by atoms with Gasteiger partial charge in [0, 0.05) is 16.6 Å². The van der Waals surface area contributed by atoms with Gasteiger partial charge in [0.25, 0.3) is 5.56 Å². The molecule has 5 rings (SSSR count). The van der Waals surface area contributed by atoms with Crippen molar-refractivity contribution in [3.05, 3.63) is 99.2 Å². The van der Waals surface area contributed by atoms with Crippen molar-refractivity contribution in [2.45, 2.75) is 19.3 Å². The van der Waals surface area contributed by atoms with Crippen LogP contribution in [-0.2, 0) is 6.42 Å². The van der Waals surface area contributed by atoms with Gasteiger partial charge in [0.15, 0.2) is 0 Å². The van der Waals surface area contributed by atoms with E-state index in [-0.39, 0.29) is 17.0 Å². The normalized spacial score (nSPS) is 15.7. The van der Waals surface area contributed by atoms with Gasteiger partial charge >= 0.3 is 0 Å². The molecule has 0 fully saturated rings. The number of nitriles is 1. The molecule has 0 amide bonds. The van der Waals surface area contributed by atoms with Crippen LogP contribution in [0.3, 0.4) is 0 Å². The minimum Gasteiger partial charge on any atom is -0.440 e. The quantitative estimate of drug-likeness (QED) is 0.526. The molecule has 3 N–H and O–H groups in total. The van der Waals surface area contributed by atoms with E-state index in [4.69, 9.17) is 10.5 Å². The van der Waals surface area contributed by atoms with Crippen molar-refractivity contribution in [2.75, 3.05) is 0 Å². The van der Waals surface area contributed by atoms with Gasteiger partial charge in [0.2, 0.25) is 5.88 Å². The minimum absolute atomic E-state index is 0.0343. The van der Waals surface area contributed by atoms with E-state index in [0.717, 1.165) is 33.7 Å². The molecule has 0 saturated heterocycles. The van der Waals surface area contributed by atoms with Crippen LogP contribution in [0.15, 0.2) is 76.9 Å². The molecule has 5 nitrogen and oxygen atoms in total. The first-order chi connectivity index (χ1) is 14.6. The number of rotatable bonds is 2. The molecule has 4 aromatic rings. The summed E-state index contributed by atoms with van der Waals surface area (Å²) in [6, 6.07) is 21.7. The number of nitrogens with two attached hydrogens (primary N) is 1. The topological polar surface area (TPSA) is 91.9 Å². The molecule has 3 aromatic carbocycles. The first kappa shape index (κ1) is 18.0. The number of allylic oxidation sites excluding steroid dienone is 1. The van der Waals surface area contributed by atoms with E-state index in [0.29, 0.717) is 11.3 Å². The molecule has 1 atom stereocenters. The van der Waals surface area contributed by atoms with Crippen LogP contribution in [0.2, 0.25) is 0 Å². The number of ether oxygens (including phenoxy) is 1. The zero-order valence-corrected chi connectivity index (χ0v) is 16.4. The summed E-state index contributed by atoms with van der Waals surface area (Å²) >= 11 is 0. The highest BCUT2D eigenvalue weighted by atomic mass is 16.5. The number of aromatic nitrogens is 1. The van der Waals surface area contributed by atoms with Gasteiger partial charge in [0.1, 0.15) is 17.4 Å². The molecular formula is C25H19N3O2. The second-order valence-electron chi connectivity index (χ2n) is 7.45. The molecule has 0 spiro atoms. The van der Waals surface area contributed by atoms with Crippen molar-refractivity contribution < 1.29 is 4.74 Å². The van der Waals surface area contributed by atoms with E-state index in [1.807, 2.05) is 54.6 Å². The fraction of sp³-hybridized carbons (Fsp3) is 0.120. The average molecular weight is 393 g/mol. The maximum Gasteiger partial charge on any atom is 0.252 e. The standard InChI is InChI=1S/C25H19N3O2/c1-2-14-7-9-20-16(11-14)12-18(25(29)28-20)22-19(13-26)24(27)30-21-10-8-15-5-3-4-6-17(15)23(21)22/h3-12,22H,2,27H2,1H3,(H,28,29)/t22-/m0/s1. The molecular weight excluding hydrogens is 374 g/mol. The van der Waals surface area contributed by atoms with E-state index in [1.54, 1.807) is 0 Å². The summed E-state index contributed by atoms with van der Waals surface area (Å²) in [5, 5.41) is 12.8. The van der Waals surface area contributed by atoms with Crippen LogP contribution in [0.4, 0.5) is 0 Å². The summed E-state index contributed by atoms with van der Waals surface area (Å²) in [5.41, 5.74) is 9.33. The fourth-order valence-electron chi connectivity index (χ4n) is 4.26. The lowest BCUT2D eigenvalue weighted by Crippen LogP contribution is -2.25. The van der Waals surface area contributed by atoms with Crippen molar-refractivity contribution in [3.63, 3.8) is 0 Å². The summed E-state index contributed by atoms with van der Waals surface area (Å²) in [4.78, 5) is 16.1. The number of hydrogen-bond acceptors (Lipinski definition) is 4. The molecule has 1 aliphatic heterocycles. The molecule has 0 unspecified atom stereocenters. The third-order valence-electron chi connectivity index (χ3n) is 5.77. The predicted octanol–water partition coefficient (Wildman–Crippen LogP) is 4.46. The number of nitrogens with zero attached hydrogens (tertiary/aromatic N) is 1. The highest BCUT2D eigenvalue weighted by molar-refractivity contribution is 5.90. The summed E-state index contributed by atoms with van der Waals surface area (Å²) in [5.74, 6) is -0.00706. The monoisotopic (exact) mass is 393 g/mol. The van der Waals surface area contributed by atoms with Gasteiger partial charge in [0.05, 0.1) is 5.92 Å². The van der Waals surface area contributed by atoms with E-state index >= 15 is 0 Å². The van der Waals surface area contributed by atoms with Crippen molar-refractivity contribution in [1.29, 1.82) is 5.26 Å². The van der Waals surface area contributed by atoms with Gasteiger partial charge in [-0.2, -0.15) is 5.26 Å². The highest BCUT2D eigenvalue weighted by Gasteiger charge is 2.34. The van der Waals surface area contributed by atoms with Crippen LogP contribution in [0, 0.1) is 11.3 Å². The zero-order valence-electron chi connectivity index (χ0n) is 16.4. The number of benzene rings is 3. The largest absolute Gasteiger partial charge is 0.440 e. The predicted molar refractivity (Wildman–Crippen MR) is 117 cm³/mol. The van der Waals surface area contributed by atoms with Crippen molar-refractivity contribution in [1.82, 2.24) is 4.98 Å². The number of aryl methyl sites for hydroxylation is 1. The lowest BCUT2D eigenvalue weighted by Gasteiger charge is -2.27. The van der Waals surface area contributed by atoms with E-state index in [2.05, 4.69) is 24.0 Å². The van der Waals surface area contributed by atoms with Crippen LogP contribution in [0.1, 0.15) is 29.5 Å². The van der Waals surface area contributed by atoms with Gasteiger partial charge in [-0.1, -0.05) is 43.3 Å². The van der Waals surface area contributed by atoms with Crippen LogP contribution < -0.4 is 16.0 Å². The number of fused-ring (bicyclic) bond motifs is 4. The Bertz CT molecular complexity index is 1460. The second kappa shape index (κ2) is 6.78. The summed E-state index contributed by atoms with van der Waals surface area (Å²) in [6.07, 6.45) is 0.894. The molecule has 30 heavy (non-hydrogen) atoms. The Morgan fingerprint density at radius 1 is 1.10 bits per heavy atom. The molecule has 2 heterocycles. The Kier molecular flexibility index (Phi) is 4.07. The molecule has 0 aliphatic carbocycles. The molecule has 1 aliphatic rings. The van der Waals surface area contributed by atoms with Crippen molar-refractivity contribution in [2.24, 2.45) is 5.73 Å². The summed E-state index contributed by atoms with van der Waals surface area (Å²) in [6.45, 7) is 2.09. The van der Waals surface area contributed by atoms with Gasteiger partial charge in [-0.3, -0.25) is 4.79 Å². The average Bonchev–Trinajstić information content (AvgIpc) is 2.77. The third-order valence-corrected chi connectivity index (χ3v) is 5.77. The minimum atomic E-state index is -0.608. The van der Waals surface area contributed by atoms with E-state index < -0.39 is 5.92 Å². The molecule has 0 bridgehead atoms. The van der Waals surface area contributed by atoms with Crippen LogP contribution >= 0.6 is 0 Å². The molecule has 0 saturated carbocycles. The van der Waals surface area contributed by atoms with Crippen molar-refractivity contribution >= 4 is 21.7 Å². The number of hydrogen-bond donors (Lipinski definition) is 2. The summed E-state index contributed by atoms with van der Waals surface area (Å²) < 4.78 is 5.78.